The average molecular weight is 331 g/mol. The van der Waals surface area contributed by atoms with E-state index in [2.05, 4.69) is 39.5 Å². The van der Waals surface area contributed by atoms with Crippen LogP contribution in [-0.4, -0.2) is 9.97 Å². The average Bonchev–Trinajstić information content (AvgIpc) is 2.26. The van der Waals surface area contributed by atoms with E-state index in [0.717, 1.165) is 21.0 Å². The van der Waals surface area contributed by atoms with Gasteiger partial charge in [-0.2, -0.15) is 0 Å². The van der Waals surface area contributed by atoms with E-state index < -0.39 is 0 Å². The fourth-order valence-corrected chi connectivity index (χ4v) is 2.55. The van der Waals surface area contributed by atoms with Crippen LogP contribution in [0.3, 0.4) is 0 Å². The van der Waals surface area contributed by atoms with E-state index in [1.165, 1.54) is 25.7 Å². The Morgan fingerprint density at radius 1 is 1.19 bits per heavy atom. The Morgan fingerprint density at radius 2 is 1.81 bits per heavy atom. The van der Waals surface area contributed by atoms with Gasteiger partial charge in [0.05, 0.1) is 9.26 Å². The minimum atomic E-state index is 0.522. The normalized spacial score (nSPS) is 25.7. The van der Waals surface area contributed by atoms with E-state index in [1.807, 2.05) is 6.92 Å². The molecule has 0 saturated heterocycles. The van der Waals surface area contributed by atoms with Crippen molar-refractivity contribution < 1.29 is 0 Å². The zero-order valence-electron chi connectivity index (χ0n) is 9.83. The van der Waals surface area contributed by atoms with Crippen LogP contribution in [0.2, 0.25) is 0 Å². The maximum atomic E-state index is 5.90. The summed E-state index contributed by atoms with van der Waals surface area (Å²) in [6.45, 7) is 4.33. The number of rotatable bonds is 1. The molecule has 16 heavy (non-hydrogen) atoms. The van der Waals surface area contributed by atoms with Gasteiger partial charge in [-0.15, -0.1) is 0 Å². The summed E-state index contributed by atoms with van der Waals surface area (Å²) in [6.07, 6.45) is 5.00. The van der Waals surface area contributed by atoms with Gasteiger partial charge in [-0.05, 0) is 48.3 Å². The Kier molecular flexibility index (Phi) is 3.66. The molecular weight excluding hydrogens is 313 g/mol. The van der Waals surface area contributed by atoms with Crippen molar-refractivity contribution in [3.63, 3.8) is 0 Å². The van der Waals surface area contributed by atoms with Crippen LogP contribution in [0.5, 0.6) is 0 Å². The van der Waals surface area contributed by atoms with Crippen molar-refractivity contribution in [2.24, 2.45) is 5.92 Å². The van der Waals surface area contributed by atoms with Gasteiger partial charge in [-0.1, -0.05) is 19.8 Å². The largest absolute Gasteiger partial charge is 0.383 e. The molecule has 88 valence electrons. The predicted molar refractivity (Wildman–Crippen MR) is 74.3 cm³/mol. The van der Waals surface area contributed by atoms with Crippen LogP contribution in [0.1, 0.15) is 50.0 Å². The lowest BCUT2D eigenvalue weighted by molar-refractivity contribution is 0.339. The van der Waals surface area contributed by atoms with Gasteiger partial charge < -0.3 is 5.73 Å². The second kappa shape index (κ2) is 4.85. The zero-order valence-corrected chi connectivity index (χ0v) is 12.0. The lowest BCUT2D eigenvalue weighted by Gasteiger charge is -2.25. The number of aromatic nitrogens is 2. The van der Waals surface area contributed by atoms with Crippen LogP contribution in [0.15, 0.2) is 0 Å². The standard InChI is InChI=1S/C12H18IN3/c1-7-3-5-9(6-4-7)12-15-8(2)10(13)11(14)16-12/h7,9H,3-6H2,1-2H3,(H2,14,15,16). The van der Waals surface area contributed by atoms with E-state index >= 15 is 0 Å². The number of aryl methyl sites for hydroxylation is 1. The van der Waals surface area contributed by atoms with E-state index in [1.54, 1.807) is 0 Å². The molecule has 0 radical (unpaired) electrons. The fraction of sp³-hybridized carbons (Fsp3) is 0.667. The Hall–Kier alpha value is -0.390. The van der Waals surface area contributed by atoms with Gasteiger partial charge in [-0.3, -0.25) is 0 Å². The molecule has 0 spiro atoms. The highest BCUT2D eigenvalue weighted by atomic mass is 127. The van der Waals surface area contributed by atoms with Crippen molar-refractivity contribution in [2.45, 2.75) is 45.4 Å². The van der Waals surface area contributed by atoms with E-state index in [0.29, 0.717) is 11.7 Å². The lowest BCUT2D eigenvalue weighted by atomic mass is 9.82. The van der Waals surface area contributed by atoms with E-state index in [-0.39, 0.29) is 0 Å². The molecule has 1 aliphatic carbocycles. The molecule has 1 saturated carbocycles. The van der Waals surface area contributed by atoms with Crippen molar-refractivity contribution in [1.29, 1.82) is 0 Å². The Morgan fingerprint density at radius 3 is 2.38 bits per heavy atom. The van der Waals surface area contributed by atoms with Crippen LogP contribution in [0.4, 0.5) is 5.82 Å². The molecule has 0 aromatic carbocycles. The quantitative estimate of drug-likeness (QED) is 0.804. The summed E-state index contributed by atoms with van der Waals surface area (Å²) in [6, 6.07) is 0. The molecule has 1 fully saturated rings. The first-order valence-electron chi connectivity index (χ1n) is 5.87. The topological polar surface area (TPSA) is 51.8 Å². The minimum Gasteiger partial charge on any atom is -0.383 e. The van der Waals surface area contributed by atoms with Crippen molar-refractivity contribution in [3.8, 4) is 0 Å². The summed E-state index contributed by atoms with van der Waals surface area (Å²) in [5, 5.41) is 0. The summed E-state index contributed by atoms with van der Waals surface area (Å²) in [7, 11) is 0. The van der Waals surface area contributed by atoms with Gasteiger partial charge in [0.2, 0.25) is 0 Å². The molecule has 1 aromatic rings. The van der Waals surface area contributed by atoms with Crippen LogP contribution in [0.25, 0.3) is 0 Å². The summed E-state index contributed by atoms with van der Waals surface area (Å²) in [5.74, 6) is 2.98. The molecule has 0 amide bonds. The molecule has 3 nitrogen and oxygen atoms in total. The third-order valence-corrected chi connectivity index (χ3v) is 4.77. The van der Waals surface area contributed by atoms with Crippen molar-refractivity contribution in [3.05, 3.63) is 15.1 Å². The molecule has 1 aliphatic rings. The zero-order chi connectivity index (χ0) is 11.7. The smallest absolute Gasteiger partial charge is 0.140 e. The number of anilines is 1. The van der Waals surface area contributed by atoms with Gasteiger partial charge in [0, 0.05) is 5.92 Å². The maximum Gasteiger partial charge on any atom is 0.140 e. The Balaban J connectivity index is 2.21. The predicted octanol–water partition coefficient (Wildman–Crippen LogP) is 3.27. The summed E-state index contributed by atoms with van der Waals surface area (Å²) in [5.41, 5.74) is 6.91. The Bertz CT molecular complexity index is 361. The first-order valence-corrected chi connectivity index (χ1v) is 6.95. The van der Waals surface area contributed by atoms with Gasteiger partial charge in [-0.25, -0.2) is 9.97 Å². The fourth-order valence-electron chi connectivity index (χ4n) is 2.30. The molecule has 0 bridgehead atoms. The molecule has 2 N–H and O–H groups in total. The van der Waals surface area contributed by atoms with Crippen molar-refractivity contribution in [1.82, 2.24) is 9.97 Å². The highest BCUT2D eigenvalue weighted by Gasteiger charge is 2.22. The molecule has 0 aliphatic heterocycles. The molecule has 1 aromatic heterocycles. The summed E-state index contributed by atoms with van der Waals surface area (Å²) >= 11 is 2.21. The first kappa shape index (κ1) is 12.1. The molecule has 2 rings (SSSR count). The molecular formula is C12H18IN3. The summed E-state index contributed by atoms with van der Waals surface area (Å²) < 4.78 is 0.991. The Labute approximate surface area is 110 Å². The maximum absolute atomic E-state index is 5.90. The molecule has 0 atom stereocenters. The molecule has 1 heterocycles. The number of nitrogens with two attached hydrogens (primary N) is 1. The van der Waals surface area contributed by atoms with Crippen LogP contribution >= 0.6 is 22.6 Å². The number of hydrogen-bond acceptors (Lipinski definition) is 3. The van der Waals surface area contributed by atoms with E-state index in [9.17, 15) is 0 Å². The van der Waals surface area contributed by atoms with Gasteiger partial charge >= 0.3 is 0 Å². The lowest BCUT2D eigenvalue weighted by Crippen LogP contribution is -2.15. The van der Waals surface area contributed by atoms with Crippen LogP contribution < -0.4 is 5.73 Å². The van der Waals surface area contributed by atoms with Crippen molar-refractivity contribution in [2.75, 3.05) is 5.73 Å². The SMILES string of the molecule is Cc1nc(C2CCC(C)CC2)nc(N)c1I. The second-order valence-corrected chi connectivity index (χ2v) is 5.90. The number of hydrogen-bond donors (Lipinski definition) is 1. The third-order valence-electron chi connectivity index (χ3n) is 3.44. The second-order valence-electron chi connectivity index (χ2n) is 4.82. The number of nitrogens with zero attached hydrogens (tertiary/aromatic N) is 2. The molecule has 4 heteroatoms. The van der Waals surface area contributed by atoms with Crippen LogP contribution in [-0.2, 0) is 0 Å². The number of nitrogen functional groups attached to an aromatic ring is 1. The monoisotopic (exact) mass is 331 g/mol. The van der Waals surface area contributed by atoms with Gasteiger partial charge in [0.25, 0.3) is 0 Å². The highest BCUT2D eigenvalue weighted by Crippen LogP contribution is 2.34. The first-order chi connectivity index (χ1) is 7.58. The van der Waals surface area contributed by atoms with E-state index in [4.69, 9.17) is 5.73 Å². The van der Waals surface area contributed by atoms with Gasteiger partial charge in [0.15, 0.2) is 0 Å². The highest BCUT2D eigenvalue weighted by molar-refractivity contribution is 14.1. The minimum absolute atomic E-state index is 0.522. The summed E-state index contributed by atoms with van der Waals surface area (Å²) in [4.78, 5) is 9.03. The number of halogens is 1. The van der Waals surface area contributed by atoms with Gasteiger partial charge in [0.1, 0.15) is 11.6 Å². The molecule has 0 unspecified atom stereocenters. The van der Waals surface area contributed by atoms with Crippen LogP contribution in [0, 0.1) is 16.4 Å². The third kappa shape index (κ3) is 2.47. The van der Waals surface area contributed by atoms with Crippen molar-refractivity contribution >= 4 is 28.4 Å².